The zero-order chi connectivity index (χ0) is 12.5. The normalized spacial score (nSPS) is 23.2. The molecule has 0 saturated carbocycles. The van der Waals surface area contributed by atoms with Crippen LogP contribution < -0.4 is 5.32 Å². The predicted octanol–water partition coefficient (Wildman–Crippen LogP) is 1.43. The number of Topliss-reactive ketones (excluding diaryl/α,β-unsaturated/α-hetero) is 1. The average Bonchev–Trinajstić information content (AvgIpc) is 2.84. The molecule has 1 aromatic heterocycles. The van der Waals surface area contributed by atoms with Crippen molar-refractivity contribution in [3.8, 4) is 0 Å². The fraction of sp³-hybridized carbons (Fsp3) is 0.300. The Morgan fingerprint density at radius 1 is 1.65 bits per heavy atom. The molecule has 2 rings (SSSR count). The van der Waals surface area contributed by atoms with Crippen molar-refractivity contribution >= 4 is 28.8 Å². The SMILES string of the molecule is CC(=O)C1(c2ccco2)CSC(NC(=O)O)=N1. The maximum Gasteiger partial charge on any atom is 0.410 e. The molecule has 2 N–H and O–H groups in total. The molecule has 7 heteroatoms. The first-order valence-corrected chi connectivity index (χ1v) is 5.81. The van der Waals surface area contributed by atoms with Gasteiger partial charge in [-0.25, -0.2) is 9.79 Å². The number of carbonyl (C=O) groups is 2. The van der Waals surface area contributed by atoms with E-state index in [2.05, 4.69) is 10.3 Å². The number of carbonyl (C=O) groups excluding carboxylic acids is 1. The van der Waals surface area contributed by atoms with Gasteiger partial charge in [0.15, 0.2) is 16.5 Å². The molecule has 1 atom stereocenters. The lowest BCUT2D eigenvalue weighted by Crippen LogP contribution is -2.32. The summed E-state index contributed by atoms with van der Waals surface area (Å²) in [4.78, 5) is 26.4. The summed E-state index contributed by atoms with van der Waals surface area (Å²) in [6.07, 6.45) is 0.262. The molecule has 0 fully saturated rings. The maximum atomic E-state index is 11.7. The average molecular weight is 254 g/mol. The number of furan rings is 1. The van der Waals surface area contributed by atoms with Crippen molar-refractivity contribution in [2.45, 2.75) is 12.5 Å². The van der Waals surface area contributed by atoms with E-state index in [-0.39, 0.29) is 11.0 Å². The zero-order valence-electron chi connectivity index (χ0n) is 8.97. The van der Waals surface area contributed by atoms with Crippen molar-refractivity contribution in [3.63, 3.8) is 0 Å². The summed E-state index contributed by atoms with van der Waals surface area (Å²) >= 11 is 1.18. The van der Waals surface area contributed by atoms with Gasteiger partial charge in [0.2, 0.25) is 0 Å². The molecular formula is C10H10N2O4S. The molecule has 1 amide bonds. The Bertz CT molecular complexity index is 483. The van der Waals surface area contributed by atoms with Gasteiger partial charge in [0.05, 0.1) is 6.26 Å². The summed E-state index contributed by atoms with van der Waals surface area (Å²) < 4.78 is 5.22. The van der Waals surface area contributed by atoms with E-state index in [1.807, 2.05) is 0 Å². The topological polar surface area (TPSA) is 91.9 Å². The summed E-state index contributed by atoms with van der Waals surface area (Å²) in [6, 6.07) is 3.33. The van der Waals surface area contributed by atoms with Crippen LogP contribution in [0.3, 0.4) is 0 Å². The quantitative estimate of drug-likeness (QED) is 0.833. The summed E-state index contributed by atoms with van der Waals surface area (Å²) in [5, 5.41) is 11.0. The Balaban J connectivity index is 2.36. The first kappa shape index (κ1) is 11.7. The highest BCUT2D eigenvalue weighted by atomic mass is 32.2. The van der Waals surface area contributed by atoms with Gasteiger partial charge in [-0.2, -0.15) is 0 Å². The second-order valence-electron chi connectivity index (χ2n) is 3.53. The van der Waals surface area contributed by atoms with Gasteiger partial charge in [-0.05, 0) is 19.1 Å². The number of aliphatic imine (C=N–C) groups is 1. The van der Waals surface area contributed by atoms with Gasteiger partial charge in [-0.3, -0.25) is 10.1 Å². The van der Waals surface area contributed by atoms with Gasteiger partial charge in [-0.1, -0.05) is 11.8 Å². The monoisotopic (exact) mass is 254 g/mol. The minimum atomic E-state index is -1.20. The van der Waals surface area contributed by atoms with Crippen LogP contribution >= 0.6 is 11.8 Å². The lowest BCUT2D eigenvalue weighted by atomic mass is 9.95. The highest BCUT2D eigenvalue weighted by Crippen LogP contribution is 2.37. The number of rotatable bonds is 2. The Morgan fingerprint density at radius 3 is 2.94 bits per heavy atom. The summed E-state index contributed by atoms with van der Waals surface area (Å²) in [6.45, 7) is 1.41. The Kier molecular flexibility index (Phi) is 2.93. The number of thioether (sulfide) groups is 1. The van der Waals surface area contributed by atoms with Crippen LogP contribution in [-0.2, 0) is 10.3 Å². The van der Waals surface area contributed by atoms with Crippen LogP contribution in [0.2, 0.25) is 0 Å². The van der Waals surface area contributed by atoms with Crippen molar-refractivity contribution in [3.05, 3.63) is 24.2 Å². The van der Waals surface area contributed by atoms with Crippen molar-refractivity contribution in [1.82, 2.24) is 5.32 Å². The van der Waals surface area contributed by atoms with Crippen LogP contribution in [0.15, 0.2) is 27.8 Å². The molecule has 17 heavy (non-hydrogen) atoms. The van der Waals surface area contributed by atoms with E-state index in [1.165, 1.54) is 24.9 Å². The number of amides is 1. The molecule has 1 aliphatic rings. The molecule has 0 spiro atoms. The van der Waals surface area contributed by atoms with Gasteiger partial charge in [-0.15, -0.1) is 0 Å². The number of hydrogen-bond acceptors (Lipinski definition) is 5. The number of amidine groups is 1. The van der Waals surface area contributed by atoms with E-state index in [4.69, 9.17) is 9.52 Å². The lowest BCUT2D eigenvalue weighted by Gasteiger charge is -2.18. The lowest BCUT2D eigenvalue weighted by molar-refractivity contribution is -0.121. The van der Waals surface area contributed by atoms with Crippen molar-refractivity contribution in [1.29, 1.82) is 0 Å². The molecule has 0 radical (unpaired) electrons. The number of hydrogen-bond donors (Lipinski definition) is 2. The largest absolute Gasteiger partial charge is 0.466 e. The van der Waals surface area contributed by atoms with E-state index in [0.29, 0.717) is 11.5 Å². The van der Waals surface area contributed by atoms with Crippen LogP contribution in [0.1, 0.15) is 12.7 Å². The Morgan fingerprint density at radius 2 is 2.41 bits per heavy atom. The van der Waals surface area contributed by atoms with Gasteiger partial charge < -0.3 is 9.52 Å². The van der Waals surface area contributed by atoms with Crippen molar-refractivity contribution in [2.24, 2.45) is 4.99 Å². The second-order valence-corrected chi connectivity index (χ2v) is 4.49. The van der Waals surface area contributed by atoms with E-state index in [0.717, 1.165) is 0 Å². The summed E-state index contributed by atoms with van der Waals surface area (Å²) in [7, 11) is 0. The third kappa shape index (κ3) is 2.05. The van der Waals surface area contributed by atoms with Gasteiger partial charge in [0.25, 0.3) is 0 Å². The van der Waals surface area contributed by atoms with Crippen LogP contribution in [0.25, 0.3) is 0 Å². The predicted molar refractivity (Wildman–Crippen MR) is 62.1 cm³/mol. The number of carboxylic acid groups (broad SMARTS) is 1. The van der Waals surface area contributed by atoms with Crippen LogP contribution in [0, 0.1) is 0 Å². The highest BCUT2D eigenvalue weighted by molar-refractivity contribution is 8.14. The zero-order valence-corrected chi connectivity index (χ0v) is 9.78. The molecule has 90 valence electrons. The van der Waals surface area contributed by atoms with Gasteiger partial charge in [0, 0.05) is 5.75 Å². The molecule has 1 aliphatic heterocycles. The smallest absolute Gasteiger partial charge is 0.410 e. The molecule has 6 nitrogen and oxygen atoms in total. The van der Waals surface area contributed by atoms with Gasteiger partial charge in [0.1, 0.15) is 5.76 Å². The molecule has 1 aromatic rings. The fourth-order valence-corrected chi connectivity index (χ4v) is 2.70. The van der Waals surface area contributed by atoms with Crippen LogP contribution in [0.4, 0.5) is 4.79 Å². The molecule has 1 unspecified atom stereocenters. The standard InChI is InChI=1S/C10H10N2O4S/c1-6(13)10(7-3-2-4-16-7)5-17-8(12-10)11-9(14)15/h2-4H,5H2,1H3,(H,11,12)(H,14,15). The van der Waals surface area contributed by atoms with Crippen LogP contribution in [0.5, 0.6) is 0 Å². The first-order valence-electron chi connectivity index (χ1n) is 4.82. The van der Waals surface area contributed by atoms with E-state index < -0.39 is 11.6 Å². The third-order valence-electron chi connectivity index (χ3n) is 2.44. The molecule has 0 saturated heterocycles. The molecule has 2 heterocycles. The maximum absolute atomic E-state index is 11.7. The second kappa shape index (κ2) is 4.25. The van der Waals surface area contributed by atoms with E-state index in [1.54, 1.807) is 12.1 Å². The van der Waals surface area contributed by atoms with E-state index >= 15 is 0 Å². The number of ketones is 1. The van der Waals surface area contributed by atoms with Crippen molar-refractivity contribution in [2.75, 3.05) is 5.75 Å². The summed E-state index contributed by atoms with van der Waals surface area (Å²) in [5.41, 5.74) is -1.11. The Labute approximate surface area is 101 Å². The Hall–Kier alpha value is -1.76. The first-order chi connectivity index (χ1) is 8.04. The number of nitrogens with zero attached hydrogens (tertiary/aromatic N) is 1. The molecule has 0 aliphatic carbocycles. The van der Waals surface area contributed by atoms with Crippen molar-refractivity contribution < 1.29 is 19.1 Å². The molecule has 0 bridgehead atoms. The summed E-state index contributed by atoms with van der Waals surface area (Å²) in [5.74, 6) is 0.590. The highest BCUT2D eigenvalue weighted by Gasteiger charge is 2.44. The minimum Gasteiger partial charge on any atom is -0.466 e. The molecule has 0 aromatic carbocycles. The van der Waals surface area contributed by atoms with Gasteiger partial charge >= 0.3 is 6.09 Å². The number of nitrogens with one attached hydrogen (secondary N) is 1. The molecular weight excluding hydrogens is 244 g/mol. The van der Waals surface area contributed by atoms with Crippen LogP contribution in [-0.4, -0.2) is 27.9 Å². The van der Waals surface area contributed by atoms with E-state index in [9.17, 15) is 9.59 Å². The third-order valence-corrected chi connectivity index (χ3v) is 3.46. The fourth-order valence-electron chi connectivity index (χ4n) is 1.56. The minimum absolute atomic E-state index is 0.179.